The fourth-order valence-corrected chi connectivity index (χ4v) is 3.26. The molecule has 1 N–H and O–H groups in total. The minimum Gasteiger partial charge on any atom is -0.497 e. The first-order valence-electron chi connectivity index (χ1n) is 9.05. The number of urea groups is 1. The third-order valence-electron chi connectivity index (χ3n) is 5.09. The second kappa shape index (κ2) is 9.51. The molecular formula is C21H28ClN3O2. The predicted molar refractivity (Wildman–Crippen MR) is 112 cm³/mol. The molecule has 146 valence electrons. The van der Waals surface area contributed by atoms with E-state index in [1.165, 1.54) is 16.8 Å². The highest BCUT2D eigenvalue weighted by Crippen LogP contribution is 2.23. The Balaban J connectivity index is 0.00000261. The van der Waals surface area contributed by atoms with Crippen LogP contribution in [0.4, 0.5) is 10.5 Å². The molecular weight excluding hydrogens is 362 g/mol. The highest BCUT2D eigenvalue weighted by molar-refractivity contribution is 5.85. The molecule has 0 radical (unpaired) electrons. The SMILES string of the molecule is COc1ccc(CNC(=O)N2CCN(c3cccc(C)c3C)CC2)cc1.Cl. The molecule has 0 saturated carbocycles. The van der Waals surface area contributed by atoms with E-state index in [1.807, 2.05) is 29.2 Å². The van der Waals surface area contributed by atoms with Gasteiger partial charge < -0.3 is 19.9 Å². The molecule has 1 aliphatic rings. The number of benzene rings is 2. The van der Waals surface area contributed by atoms with Crippen molar-refractivity contribution in [3.05, 3.63) is 59.2 Å². The Hall–Kier alpha value is -2.40. The van der Waals surface area contributed by atoms with Crippen LogP contribution in [0.1, 0.15) is 16.7 Å². The van der Waals surface area contributed by atoms with Crippen molar-refractivity contribution < 1.29 is 9.53 Å². The maximum atomic E-state index is 12.4. The lowest BCUT2D eigenvalue weighted by Gasteiger charge is -2.37. The smallest absolute Gasteiger partial charge is 0.317 e. The molecule has 2 aromatic rings. The number of carbonyl (C=O) groups is 1. The van der Waals surface area contributed by atoms with E-state index < -0.39 is 0 Å². The Morgan fingerprint density at radius 1 is 1.04 bits per heavy atom. The van der Waals surface area contributed by atoms with E-state index in [4.69, 9.17) is 4.74 Å². The summed E-state index contributed by atoms with van der Waals surface area (Å²) in [6, 6.07) is 14.2. The van der Waals surface area contributed by atoms with E-state index >= 15 is 0 Å². The lowest BCUT2D eigenvalue weighted by molar-refractivity contribution is 0.194. The number of aryl methyl sites for hydroxylation is 1. The van der Waals surface area contributed by atoms with Crippen LogP contribution in [0.3, 0.4) is 0 Å². The number of nitrogens with one attached hydrogen (secondary N) is 1. The van der Waals surface area contributed by atoms with Gasteiger partial charge in [0.25, 0.3) is 0 Å². The summed E-state index contributed by atoms with van der Waals surface area (Å²) in [6.45, 7) is 8.03. The maximum absolute atomic E-state index is 12.4. The summed E-state index contributed by atoms with van der Waals surface area (Å²) in [7, 11) is 1.65. The van der Waals surface area contributed by atoms with Gasteiger partial charge in [0.2, 0.25) is 0 Å². The Morgan fingerprint density at radius 3 is 2.33 bits per heavy atom. The van der Waals surface area contributed by atoms with Crippen LogP contribution < -0.4 is 15.0 Å². The molecule has 1 heterocycles. The molecule has 0 aromatic heterocycles. The van der Waals surface area contributed by atoms with Gasteiger partial charge in [0.15, 0.2) is 0 Å². The van der Waals surface area contributed by atoms with Gasteiger partial charge in [-0.05, 0) is 48.7 Å². The highest BCUT2D eigenvalue weighted by atomic mass is 35.5. The van der Waals surface area contributed by atoms with Gasteiger partial charge in [-0.2, -0.15) is 0 Å². The summed E-state index contributed by atoms with van der Waals surface area (Å²) in [6.07, 6.45) is 0. The topological polar surface area (TPSA) is 44.8 Å². The number of nitrogens with zero attached hydrogens (tertiary/aromatic N) is 2. The van der Waals surface area contributed by atoms with E-state index in [-0.39, 0.29) is 18.4 Å². The number of hydrogen-bond acceptors (Lipinski definition) is 3. The van der Waals surface area contributed by atoms with Crippen LogP contribution in [0, 0.1) is 13.8 Å². The van der Waals surface area contributed by atoms with Gasteiger partial charge in [-0.3, -0.25) is 0 Å². The second-order valence-corrected chi connectivity index (χ2v) is 6.70. The molecule has 6 heteroatoms. The van der Waals surface area contributed by atoms with Crippen molar-refractivity contribution in [2.75, 3.05) is 38.2 Å². The number of piperazine rings is 1. The van der Waals surface area contributed by atoms with Crippen LogP contribution in [0.2, 0.25) is 0 Å². The van der Waals surface area contributed by atoms with E-state index in [0.717, 1.165) is 37.5 Å². The number of anilines is 1. The zero-order chi connectivity index (χ0) is 18.5. The van der Waals surface area contributed by atoms with Gasteiger partial charge in [-0.25, -0.2) is 4.79 Å². The fourth-order valence-electron chi connectivity index (χ4n) is 3.26. The molecule has 2 amide bonds. The van der Waals surface area contributed by atoms with E-state index in [9.17, 15) is 4.79 Å². The first-order valence-corrected chi connectivity index (χ1v) is 9.05. The molecule has 2 aromatic carbocycles. The standard InChI is InChI=1S/C21H27N3O2.ClH/c1-16-5-4-6-20(17(16)2)23-11-13-24(14-12-23)21(25)22-15-18-7-9-19(26-3)10-8-18;/h4-10H,11-15H2,1-3H3,(H,22,25);1H. The molecule has 1 aliphatic heterocycles. The van der Waals surface area contributed by atoms with E-state index in [2.05, 4.69) is 42.3 Å². The van der Waals surface area contributed by atoms with Crippen molar-refractivity contribution in [3.8, 4) is 5.75 Å². The zero-order valence-electron chi connectivity index (χ0n) is 16.2. The molecule has 3 rings (SSSR count). The molecule has 5 nitrogen and oxygen atoms in total. The van der Waals surface area contributed by atoms with Gasteiger partial charge in [0.1, 0.15) is 5.75 Å². The monoisotopic (exact) mass is 389 g/mol. The van der Waals surface area contributed by atoms with Gasteiger partial charge in [-0.1, -0.05) is 24.3 Å². The van der Waals surface area contributed by atoms with Gasteiger partial charge in [0.05, 0.1) is 7.11 Å². The average Bonchev–Trinajstić information content (AvgIpc) is 2.69. The number of amides is 2. The lowest BCUT2D eigenvalue weighted by Crippen LogP contribution is -2.51. The van der Waals surface area contributed by atoms with Crippen molar-refractivity contribution in [2.24, 2.45) is 0 Å². The number of rotatable bonds is 4. The van der Waals surface area contributed by atoms with E-state index in [1.54, 1.807) is 7.11 Å². The molecule has 27 heavy (non-hydrogen) atoms. The third-order valence-corrected chi connectivity index (χ3v) is 5.09. The van der Waals surface area contributed by atoms with Crippen LogP contribution in [0.15, 0.2) is 42.5 Å². The van der Waals surface area contributed by atoms with Crippen molar-refractivity contribution in [2.45, 2.75) is 20.4 Å². The minimum atomic E-state index is 0. The van der Waals surface area contributed by atoms with Crippen LogP contribution in [-0.2, 0) is 6.54 Å². The molecule has 0 bridgehead atoms. The number of halogens is 1. The van der Waals surface area contributed by atoms with Gasteiger partial charge in [0, 0.05) is 38.4 Å². The predicted octanol–water partition coefficient (Wildman–Crippen LogP) is 3.77. The van der Waals surface area contributed by atoms with Crippen molar-refractivity contribution in [1.82, 2.24) is 10.2 Å². The minimum absolute atomic E-state index is 0. The molecule has 0 unspecified atom stereocenters. The van der Waals surface area contributed by atoms with Crippen LogP contribution in [0.5, 0.6) is 5.75 Å². The molecule has 0 aliphatic carbocycles. The average molecular weight is 390 g/mol. The Morgan fingerprint density at radius 2 is 1.70 bits per heavy atom. The first-order chi connectivity index (χ1) is 12.6. The summed E-state index contributed by atoms with van der Waals surface area (Å²) in [5, 5.41) is 3.01. The van der Waals surface area contributed by atoms with Crippen LogP contribution in [0.25, 0.3) is 0 Å². The number of methoxy groups -OCH3 is 1. The van der Waals surface area contributed by atoms with Crippen molar-refractivity contribution in [1.29, 1.82) is 0 Å². The quantitative estimate of drug-likeness (QED) is 0.865. The van der Waals surface area contributed by atoms with Gasteiger partial charge in [-0.15, -0.1) is 12.4 Å². The zero-order valence-corrected chi connectivity index (χ0v) is 17.0. The number of carbonyl (C=O) groups excluding carboxylic acids is 1. The molecule has 0 atom stereocenters. The fraction of sp³-hybridized carbons (Fsp3) is 0.381. The summed E-state index contributed by atoms with van der Waals surface area (Å²) in [5.74, 6) is 0.822. The van der Waals surface area contributed by atoms with Gasteiger partial charge >= 0.3 is 6.03 Å². The molecule has 0 spiro atoms. The van der Waals surface area contributed by atoms with Crippen LogP contribution in [-0.4, -0.2) is 44.2 Å². The summed E-state index contributed by atoms with van der Waals surface area (Å²) < 4.78 is 5.15. The first kappa shape index (κ1) is 20.9. The second-order valence-electron chi connectivity index (χ2n) is 6.70. The van der Waals surface area contributed by atoms with E-state index in [0.29, 0.717) is 6.54 Å². The highest BCUT2D eigenvalue weighted by Gasteiger charge is 2.22. The summed E-state index contributed by atoms with van der Waals surface area (Å²) in [5.41, 5.74) is 4.98. The number of ether oxygens (including phenoxy) is 1. The third kappa shape index (κ3) is 5.07. The Kier molecular flexibility index (Phi) is 7.36. The van der Waals surface area contributed by atoms with Crippen LogP contribution >= 0.6 is 12.4 Å². The largest absolute Gasteiger partial charge is 0.497 e. The maximum Gasteiger partial charge on any atom is 0.317 e. The normalized spacial score (nSPS) is 13.7. The molecule has 1 saturated heterocycles. The molecule has 1 fully saturated rings. The van der Waals surface area contributed by atoms with Crippen molar-refractivity contribution in [3.63, 3.8) is 0 Å². The lowest BCUT2D eigenvalue weighted by atomic mass is 10.1. The van der Waals surface area contributed by atoms with Crippen molar-refractivity contribution >= 4 is 24.1 Å². The summed E-state index contributed by atoms with van der Waals surface area (Å²) >= 11 is 0. The Bertz CT molecular complexity index is 757. The summed E-state index contributed by atoms with van der Waals surface area (Å²) in [4.78, 5) is 16.7. The number of hydrogen-bond donors (Lipinski definition) is 1. The Labute approximate surface area is 167 Å².